The highest BCUT2D eigenvalue weighted by atomic mass is 35.5. The molecule has 0 aliphatic heterocycles. The lowest BCUT2D eigenvalue weighted by atomic mass is 10.2. The van der Waals surface area contributed by atoms with Gasteiger partial charge in [-0.15, -0.1) is 0 Å². The van der Waals surface area contributed by atoms with Gasteiger partial charge in [-0.2, -0.15) is 10.1 Å². The number of hydrogen-bond acceptors (Lipinski definition) is 4. The molecule has 2 aromatic rings. The Morgan fingerprint density at radius 1 is 1.41 bits per heavy atom. The second-order valence-electron chi connectivity index (χ2n) is 4.13. The van der Waals surface area contributed by atoms with E-state index in [9.17, 15) is 0 Å². The minimum Gasteiger partial charge on any atom is -0.368 e. The molecular formula is C11H14ClN5. The zero-order valence-electron chi connectivity index (χ0n) is 9.76. The third kappa shape index (κ3) is 2.74. The molecule has 2 rings (SSSR count). The van der Waals surface area contributed by atoms with Crippen LogP contribution < -0.4 is 5.73 Å². The fourth-order valence-electron chi connectivity index (χ4n) is 1.41. The van der Waals surface area contributed by atoms with Crippen molar-refractivity contribution in [1.82, 2.24) is 19.7 Å². The second-order valence-corrected chi connectivity index (χ2v) is 4.52. The van der Waals surface area contributed by atoms with Crippen molar-refractivity contribution in [3.8, 4) is 0 Å². The van der Waals surface area contributed by atoms with Crippen molar-refractivity contribution in [3.63, 3.8) is 0 Å². The quantitative estimate of drug-likeness (QED) is 0.848. The van der Waals surface area contributed by atoms with E-state index in [1.54, 1.807) is 16.9 Å². The third-order valence-electron chi connectivity index (χ3n) is 2.35. The van der Waals surface area contributed by atoms with Crippen molar-refractivity contribution in [2.75, 3.05) is 5.73 Å². The van der Waals surface area contributed by atoms with Crippen LogP contribution >= 0.6 is 11.6 Å². The first kappa shape index (κ1) is 11.9. The molecule has 0 bridgehead atoms. The van der Waals surface area contributed by atoms with Crippen LogP contribution in [0.3, 0.4) is 0 Å². The van der Waals surface area contributed by atoms with Crippen LogP contribution in [0.5, 0.6) is 0 Å². The third-order valence-corrected chi connectivity index (χ3v) is 2.58. The summed E-state index contributed by atoms with van der Waals surface area (Å²) in [6.45, 7) is 4.61. The monoisotopic (exact) mass is 251 g/mol. The van der Waals surface area contributed by atoms with Crippen LogP contribution in [0, 0.1) is 0 Å². The Kier molecular flexibility index (Phi) is 3.28. The van der Waals surface area contributed by atoms with Gasteiger partial charge >= 0.3 is 0 Å². The van der Waals surface area contributed by atoms with Crippen LogP contribution in [0.25, 0.3) is 0 Å². The van der Waals surface area contributed by atoms with E-state index in [4.69, 9.17) is 17.3 Å². The number of aromatic nitrogens is 4. The number of nitrogens with zero attached hydrogens (tertiary/aromatic N) is 4. The fraction of sp³-hybridized carbons (Fsp3) is 0.364. The van der Waals surface area contributed by atoms with E-state index in [-0.39, 0.29) is 5.92 Å². The number of rotatable bonds is 3. The van der Waals surface area contributed by atoms with Gasteiger partial charge in [0.05, 0.1) is 6.54 Å². The SMILES string of the molecule is CC(C)c1nc(N)n(Cc2ccc(Cl)nc2)n1. The number of anilines is 1. The number of nitrogens with two attached hydrogens (primary N) is 1. The lowest BCUT2D eigenvalue weighted by Crippen LogP contribution is -2.06. The van der Waals surface area contributed by atoms with Gasteiger partial charge in [-0.3, -0.25) is 0 Å². The normalized spacial score (nSPS) is 11.1. The smallest absolute Gasteiger partial charge is 0.219 e. The van der Waals surface area contributed by atoms with Gasteiger partial charge in [-0.1, -0.05) is 31.5 Å². The summed E-state index contributed by atoms with van der Waals surface area (Å²) in [5.41, 5.74) is 6.79. The molecule has 5 nitrogen and oxygen atoms in total. The highest BCUT2D eigenvalue weighted by molar-refractivity contribution is 6.29. The Hall–Kier alpha value is -1.62. The van der Waals surface area contributed by atoms with Gasteiger partial charge in [0.15, 0.2) is 5.82 Å². The predicted octanol–water partition coefficient (Wildman–Crippen LogP) is 2.08. The summed E-state index contributed by atoms with van der Waals surface area (Å²) in [6, 6.07) is 3.64. The summed E-state index contributed by atoms with van der Waals surface area (Å²) < 4.78 is 1.67. The van der Waals surface area contributed by atoms with Crippen molar-refractivity contribution >= 4 is 17.5 Å². The Bertz CT molecular complexity index is 503. The van der Waals surface area contributed by atoms with Gasteiger partial charge in [-0.05, 0) is 11.6 Å². The molecular weight excluding hydrogens is 238 g/mol. The van der Waals surface area contributed by atoms with Crippen molar-refractivity contribution in [1.29, 1.82) is 0 Å². The van der Waals surface area contributed by atoms with Crippen LogP contribution in [-0.2, 0) is 6.54 Å². The van der Waals surface area contributed by atoms with E-state index in [1.807, 2.05) is 19.9 Å². The summed E-state index contributed by atoms with van der Waals surface area (Å²) in [6.07, 6.45) is 1.71. The first-order valence-corrected chi connectivity index (χ1v) is 5.74. The Morgan fingerprint density at radius 2 is 2.18 bits per heavy atom. The number of nitrogen functional groups attached to an aromatic ring is 1. The van der Waals surface area contributed by atoms with E-state index < -0.39 is 0 Å². The molecule has 2 heterocycles. The van der Waals surface area contributed by atoms with Crippen LogP contribution in [0.1, 0.15) is 31.2 Å². The highest BCUT2D eigenvalue weighted by Gasteiger charge is 2.10. The van der Waals surface area contributed by atoms with Crippen molar-refractivity contribution in [2.24, 2.45) is 0 Å². The Balaban J connectivity index is 2.21. The van der Waals surface area contributed by atoms with Gasteiger partial charge in [0.25, 0.3) is 0 Å². The Morgan fingerprint density at radius 3 is 2.71 bits per heavy atom. The van der Waals surface area contributed by atoms with Crippen LogP contribution in [0.2, 0.25) is 5.15 Å². The van der Waals surface area contributed by atoms with E-state index in [2.05, 4.69) is 15.1 Å². The number of pyridine rings is 1. The molecule has 0 saturated heterocycles. The molecule has 0 amide bonds. The molecule has 2 N–H and O–H groups in total. The molecule has 0 aliphatic rings. The maximum absolute atomic E-state index is 5.80. The molecule has 17 heavy (non-hydrogen) atoms. The van der Waals surface area contributed by atoms with Crippen molar-refractivity contribution in [2.45, 2.75) is 26.3 Å². The maximum Gasteiger partial charge on any atom is 0.219 e. The summed E-state index contributed by atoms with van der Waals surface area (Å²) in [5, 5.41) is 4.82. The minimum atomic E-state index is 0.266. The highest BCUT2D eigenvalue weighted by Crippen LogP contribution is 2.13. The first-order valence-electron chi connectivity index (χ1n) is 5.37. The van der Waals surface area contributed by atoms with Gasteiger partial charge in [0.2, 0.25) is 5.95 Å². The van der Waals surface area contributed by atoms with Crippen LogP contribution in [0.15, 0.2) is 18.3 Å². The van der Waals surface area contributed by atoms with E-state index in [0.717, 1.165) is 11.4 Å². The molecule has 0 fully saturated rings. The number of halogens is 1. The van der Waals surface area contributed by atoms with Crippen molar-refractivity contribution in [3.05, 3.63) is 34.9 Å². The van der Waals surface area contributed by atoms with Crippen LogP contribution in [0.4, 0.5) is 5.95 Å². The summed E-state index contributed by atoms with van der Waals surface area (Å²) in [7, 11) is 0. The van der Waals surface area contributed by atoms with Gasteiger partial charge in [-0.25, -0.2) is 9.67 Å². The molecule has 0 unspecified atom stereocenters. The average molecular weight is 252 g/mol. The van der Waals surface area contributed by atoms with Crippen molar-refractivity contribution < 1.29 is 0 Å². The van der Waals surface area contributed by atoms with Gasteiger partial charge in [0, 0.05) is 12.1 Å². The lowest BCUT2D eigenvalue weighted by Gasteiger charge is -2.02. The van der Waals surface area contributed by atoms with E-state index in [1.165, 1.54) is 0 Å². The van der Waals surface area contributed by atoms with Gasteiger partial charge < -0.3 is 5.73 Å². The van der Waals surface area contributed by atoms with E-state index in [0.29, 0.717) is 17.6 Å². The molecule has 0 aromatic carbocycles. The maximum atomic E-state index is 5.80. The summed E-state index contributed by atoms with van der Waals surface area (Å²) in [5.74, 6) is 1.44. The topological polar surface area (TPSA) is 69.6 Å². The largest absolute Gasteiger partial charge is 0.368 e. The number of hydrogen-bond donors (Lipinski definition) is 1. The molecule has 90 valence electrons. The second kappa shape index (κ2) is 4.71. The summed E-state index contributed by atoms with van der Waals surface area (Å²) >= 11 is 5.72. The van der Waals surface area contributed by atoms with Crippen LogP contribution in [-0.4, -0.2) is 19.7 Å². The molecule has 0 radical (unpaired) electrons. The zero-order chi connectivity index (χ0) is 12.4. The zero-order valence-corrected chi connectivity index (χ0v) is 10.5. The fourth-order valence-corrected chi connectivity index (χ4v) is 1.52. The molecule has 0 saturated carbocycles. The predicted molar refractivity (Wildman–Crippen MR) is 66.9 cm³/mol. The molecule has 2 aromatic heterocycles. The van der Waals surface area contributed by atoms with Gasteiger partial charge in [0.1, 0.15) is 5.15 Å². The summed E-state index contributed by atoms with van der Waals surface area (Å²) in [4.78, 5) is 8.22. The molecule has 0 atom stereocenters. The molecule has 0 aliphatic carbocycles. The minimum absolute atomic E-state index is 0.266. The average Bonchev–Trinajstić information content (AvgIpc) is 2.64. The first-order chi connectivity index (χ1) is 8.06. The Labute approximate surface area is 105 Å². The lowest BCUT2D eigenvalue weighted by molar-refractivity contribution is 0.662. The molecule has 0 spiro atoms. The molecule has 6 heteroatoms. The standard InChI is InChI=1S/C11H14ClN5/c1-7(2)10-15-11(13)17(16-10)6-8-3-4-9(12)14-5-8/h3-5,7H,6H2,1-2H3,(H2,13,15,16). The van der Waals surface area contributed by atoms with E-state index >= 15 is 0 Å².